The summed E-state index contributed by atoms with van der Waals surface area (Å²) in [6, 6.07) is 0. The first-order valence-electron chi connectivity index (χ1n) is 1.10. The fourth-order valence-corrected chi connectivity index (χ4v) is 0. The van der Waals surface area contributed by atoms with Gasteiger partial charge < -0.3 is 74.5 Å². The summed E-state index contributed by atoms with van der Waals surface area (Å²) < 4.78 is 0. The molecule has 0 saturated heterocycles. The van der Waals surface area contributed by atoms with Gasteiger partial charge in [-0.2, -0.15) is 0 Å². The van der Waals surface area contributed by atoms with Crippen LogP contribution >= 0.6 is 0 Å². The first kappa shape index (κ1) is 140. The fraction of sp³-hybridized carbons (Fsp3) is 0. The molecular weight excluding hydrogens is 490 g/mol. The van der Waals surface area contributed by atoms with Gasteiger partial charge >= 0.3 is 31.1 Å². The van der Waals surface area contributed by atoms with Crippen molar-refractivity contribution in [1.29, 1.82) is 0 Å². The Hall–Kier alpha value is -0.868. The maximum absolute atomic E-state index is 8.25. The molecule has 0 aliphatic carbocycles. The molecule has 0 aromatic carbocycles. The number of nitrogens with zero attached hydrogens (tertiary/aromatic N) is 2. The molecular formula is H12N2O14U. The van der Waals surface area contributed by atoms with Gasteiger partial charge in [0.15, 0.2) is 0 Å². The molecule has 0 rings (SSSR count). The minimum atomic E-state index is -1.75. The topological polar surface area (TPSA) is 378 Å². The molecule has 0 spiro atoms. The van der Waals surface area contributed by atoms with Crippen molar-refractivity contribution in [3.63, 3.8) is 0 Å². The van der Waals surface area contributed by atoms with Crippen LogP contribution in [-0.2, 0) is 11.0 Å². The first-order valence-corrected chi connectivity index (χ1v) is 1.10. The van der Waals surface area contributed by atoms with E-state index < -0.39 is 10.2 Å². The number of rotatable bonds is 0. The molecule has 0 heterocycles. The molecule has 16 nitrogen and oxygen atoms in total. The summed E-state index contributed by atoms with van der Waals surface area (Å²) in [5.74, 6) is 0. The second-order valence-corrected chi connectivity index (χ2v) is 0.447. The second-order valence-electron chi connectivity index (χ2n) is 0.447. The SMILES string of the molecule is O.O.O.O.O.O.O=[N+]([O-])[O-].O=[N+]([O-])[O-].[O-2].[O-2].[U+6]. The van der Waals surface area contributed by atoms with E-state index in [-0.39, 0.29) is 74.9 Å². The predicted molar refractivity (Wildman–Crippen MR) is 43.8 cm³/mol. The van der Waals surface area contributed by atoms with Crippen molar-refractivity contribution >= 4 is 0 Å². The van der Waals surface area contributed by atoms with E-state index in [1.807, 2.05) is 0 Å². The Labute approximate surface area is 116 Å². The normalized spacial score (nSPS) is 2.82. The van der Waals surface area contributed by atoms with Crippen LogP contribution in [0.1, 0.15) is 0 Å². The third-order valence-corrected chi connectivity index (χ3v) is 0. The van der Waals surface area contributed by atoms with E-state index in [1.165, 1.54) is 0 Å². The molecule has 0 aliphatic heterocycles. The zero-order valence-corrected chi connectivity index (χ0v) is 11.8. The summed E-state index contributed by atoms with van der Waals surface area (Å²) >= 11 is 0. The Morgan fingerprint density at radius 1 is 0.529 bits per heavy atom. The van der Waals surface area contributed by atoms with Gasteiger partial charge in [0.2, 0.25) is 0 Å². The minimum absolute atomic E-state index is 0. The summed E-state index contributed by atoms with van der Waals surface area (Å²) in [5, 5.41) is 29.5. The van der Waals surface area contributed by atoms with E-state index in [0.29, 0.717) is 0 Å². The second kappa shape index (κ2) is 115. The fourth-order valence-electron chi connectivity index (χ4n) is 0. The largest absolute Gasteiger partial charge is 6.00 e. The Balaban J connectivity index is -0.00000000308. The Morgan fingerprint density at radius 2 is 0.529 bits per heavy atom. The van der Waals surface area contributed by atoms with E-state index in [9.17, 15) is 0 Å². The Morgan fingerprint density at radius 3 is 0.529 bits per heavy atom. The molecule has 0 aliphatic rings. The standard InChI is InChI=1S/2NO3.6H2O.2O.U/c2*2-1(3)4;;;;;;;;;/h;;6*1H2;;;/q2*-1;;;;;;;2*-2;+6. The van der Waals surface area contributed by atoms with Gasteiger partial charge in [-0.3, -0.25) is 0 Å². The molecule has 0 radical (unpaired) electrons. The van der Waals surface area contributed by atoms with Gasteiger partial charge in [0.1, 0.15) is 0 Å². The zero-order valence-electron chi connectivity index (χ0n) is 7.66. The van der Waals surface area contributed by atoms with Gasteiger partial charge in [-0.1, -0.05) is 0 Å². The molecule has 0 atom stereocenters. The van der Waals surface area contributed by atoms with Crippen molar-refractivity contribution in [2.24, 2.45) is 0 Å². The van der Waals surface area contributed by atoms with Crippen LogP contribution in [0.2, 0.25) is 0 Å². The smallest absolute Gasteiger partial charge is 2.00 e. The van der Waals surface area contributed by atoms with Crippen molar-refractivity contribution < 1.29 is 85.1 Å². The van der Waals surface area contributed by atoms with Gasteiger partial charge in [0, 0.05) is 0 Å². The van der Waals surface area contributed by atoms with E-state index in [4.69, 9.17) is 30.6 Å². The quantitative estimate of drug-likeness (QED) is 0.229. The molecule has 0 aromatic heterocycles. The Kier molecular flexibility index (Phi) is 947. The van der Waals surface area contributed by atoms with Crippen molar-refractivity contribution in [2.75, 3.05) is 0 Å². The molecule has 0 aromatic rings. The van der Waals surface area contributed by atoms with Crippen LogP contribution in [-0.4, -0.2) is 43.0 Å². The van der Waals surface area contributed by atoms with Crippen molar-refractivity contribution in [1.82, 2.24) is 0 Å². The Bertz CT molecular complexity index is 72.2. The molecule has 0 saturated carbocycles. The van der Waals surface area contributed by atoms with E-state index in [0.717, 1.165) is 0 Å². The molecule has 110 valence electrons. The van der Waals surface area contributed by atoms with Crippen LogP contribution in [0, 0.1) is 61.8 Å². The van der Waals surface area contributed by atoms with Crippen LogP contribution in [0.3, 0.4) is 0 Å². The molecule has 0 bridgehead atoms. The minimum Gasteiger partial charge on any atom is -2.00 e. The van der Waals surface area contributed by atoms with Gasteiger partial charge in [-0.15, -0.1) is 0 Å². The molecule has 12 N–H and O–H groups in total. The molecule has 17 heteroatoms. The van der Waals surface area contributed by atoms with E-state index in [2.05, 4.69) is 0 Å². The molecule has 0 fully saturated rings. The summed E-state index contributed by atoms with van der Waals surface area (Å²) in [6.45, 7) is 0. The molecule has 17 heavy (non-hydrogen) atoms. The van der Waals surface area contributed by atoms with Crippen molar-refractivity contribution in [3.05, 3.63) is 30.6 Å². The van der Waals surface area contributed by atoms with Gasteiger partial charge in [-0.25, -0.2) is 0 Å². The van der Waals surface area contributed by atoms with Crippen molar-refractivity contribution in [3.8, 4) is 0 Å². The van der Waals surface area contributed by atoms with Crippen molar-refractivity contribution in [2.45, 2.75) is 0 Å². The van der Waals surface area contributed by atoms with Crippen LogP contribution in [0.15, 0.2) is 0 Å². The van der Waals surface area contributed by atoms with E-state index >= 15 is 0 Å². The van der Waals surface area contributed by atoms with Crippen LogP contribution < -0.4 is 0 Å². The monoisotopic (exact) mass is 502 g/mol. The van der Waals surface area contributed by atoms with E-state index in [1.54, 1.807) is 0 Å². The van der Waals surface area contributed by atoms with Gasteiger partial charge in [0.25, 0.3) is 0 Å². The maximum Gasteiger partial charge on any atom is 6.00 e. The summed E-state index contributed by atoms with van der Waals surface area (Å²) in [7, 11) is 0. The third kappa shape index (κ3) is 3460. The summed E-state index contributed by atoms with van der Waals surface area (Å²) in [6.07, 6.45) is 0. The summed E-state index contributed by atoms with van der Waals surface area (Å²) in [5.41, 5.74) is 0. The predicted octanol–water partition coefficient (Wildman–Crippen LogP) is -5.66. The molecule has 0 unspecified atom stereocenters. The number of hydrogen-bond acceptors (Lipinski definition) is 6. The van der Waals surface area contributed by atoms with Crippen LogP contribution in [0.4, 0.5) is 0 Å². The molecule has 0 amide bonds. The third-order valence-electron chi connectivity index (χ3n) is 0. The van der Waals surface area contributed by atoms with Gasteiger partial charge in [0.05, 0.1) is 10.2 Å². The number of hydrogen-bond donors (Lipinski definition) is 0. The average molecular weight is 502 g/mol. The first-order chi connectivity index (χ1) is 3.46. The van der Waals surface area contributed by atoms with Crippen LogP contribution in [0.25, 0.3) is 0 Å². The zero-order chi connectivity index (χ0) is 7.15. The maximum atomic E-state index is 8.25. The van der Waals surface area contributed by atoms with Crippen LogP contribution in [0.5, 0.6) is 0 Å². The van der Waals surface area contributed by atoms with Gasteiger partial charge in [-0.05, 0) is 0 Å². The average Bonchev–Trinajstić information content (AvgIpc) is 1.25. The summed E-state index contributed by atoms with van der Waals surface area (Å²) in [4.78, 5) is 16.5.